The summed E-state index contributed by atoms with van der Waals surface area (Å²) in [4.78, 5) is 2.33. The molecule has 3 nitrogen and oxygen atoms in total. The molecule has 1 aromatic carbocycles. The van der Waals surface area contributed by atoms with Crippen molar-refractivity contribution in [2.24, 2.45) is 5.92 Å². The molecule has 0 bridgehead atoms. The van der Waals surface area contributed by atoms with E-state index in [1.165, 1.54) is 3.57 Å². The normalized spacial score (nSPS) is 25.0. The quantitative estimate of drug-likeness (QED) is 0.661. The standard InChI is InChI=1S/C13H19IN2O/c1-9-5-6-16(8-13(9)17-2)12-4-3-10(14)7-11(12)15/h3-4,7,9,13H,5-6,8,15H2,1-2H3. The number of benzene rings is 1. The number of ether oxygens (including phenoxy) is 1. The molecule has 2 N–H and O–H groups in total. The SMILES string of the molecule is COC1CN(c2ccc(I)cc2N)CCC1C. The second-order valence-corrected chi connectivity index (χ2v) is 5.93. The Morgan fingerprint density at radius 3 is 2.88 bits per heavy atom. The van der Waals surface area contributed by atoms with Gasteiger partial charge in [0.05, 0.1) is 17.5 Å². The predicted molar refractivity (Wildman–Crippen MR) is 80.4 cm³/mol. The summed E-state index contributed by atoms with van der Waals surface area (Å²) in [6, 6.07) is 6.24. The molecule has 1 aliphatic heterocycles. The lowest BCUT2D eigenvalue weighted by Crippen LogP contribution is -2.44. The van der Waals surface area contributed by atoms with E-state index in [0.29, 0.717) is 12.0 Å². The highest BCUT2D eigenvalue weighted by Crippen LogP contribution is 2.29. The number of hydrogen-bond acceptors (Lipinski definition) is 3. The van der Waals surface area contributed by atoms with Crippen LogP contribution in [-0.4, -0.2) is 26.3 Å². The summed E-state index contributed by atoms with van der Waals surface area (Å²) in [6.07, 6.45) is 1.46. The van der Waals surface area contributed by atoms with Crippen molar-refractivity contribution in [3.63, 3.8) is 0 Å². The lowest BCUT2D eigenvalue weighted by Gasteiger charge is -2.38. The van der Waals surface area contributed by atoms with Gasteiger partial charge in [-0.15, -0.1) is 0 Å². The molecule has 0 amide bonds. The van der Waals surface area contributed by atoms with Crippen LogP contribution >= 0.6 is 22.6 Å². The lowest BCUT2D eigenvalue weighted by atomic mass is 9.95. The Labute approximate surface area is 116 Å². The third kappa shape index (κ3) is 2.85. The average Bonchev–Trinajstić information content (AvgIpc) is 2.30. The highest BCUT2D eigenvalue weighted by molar-refractivity contribution is 14.1. The molecular weight excluding hydrogens is 327 g/mol. The van der Waals surface area contributed by atoms with Gasteiger partial charge in [0.15, 0.2) is 0 Å². The number of halogens is 1. The van der Waals surface area contributed by atoms with Crippen LogP contribution in [0.5, 0.6) is 0 Å². The van der Waals surface area contributed by atoms with Crippen molar-refractivity contribution in [2.75, 3.05) is 30.8 Å². The van der Waals surface area contributed by atoms with Crippen molar-refractivity contribution in [3.05, 3.63) is 21.8 Å². The van der Waals surface area contributed by atoms with E-state index in [0.717, 1.165) is 30.9 Å². The van der Waals surface area contributed by atoms with Gasteiger partial charge in [0.2, 0.25) is 0 Å². The monoisotopic (exact) mass is 346 g/mol. The summed E-state index contributed by atoms with van der Waals surface area (Å²) in [5, 5.41) is 0. The molecule has 0 saturated carbocycles. The molecule has 0 aromatic heterocycles. The van der Waals surface area contributed by atoms with Crippen molar-refractivity contribution in [2.45, 2.75) is 19.4 Å². The molecule has 1 aromatic rings. The minimum atomic E-state index is 0.308. The summed E-state index contributed by atoms with van der Waals surface area (Å²) >= 11 is 2.28. The summed E-state index contributed by atoms with van der Waals surface area (Å²) in [7, 11) is 1.79. The molecule has 1 heterocycles. The van der Waals surface area contributed by atoms with E-state index in [1.807, 2.05) is 6.07 Å². The van der Waals surface area contributed by atoms with E-state index in [1.54, 1.807) is 7.11 Å². The molecule has 4 heteroatoms. The smallest absolute Gasteiger partial charge is 0.0772 e. The number of rotatable bonds is 2. The van der Waals surface area contributed by atoms with Gasteiger partial charge in [-0.25, -0.2) is 0 Å². The number of anilines is 2. The summed E-state index contributed by atoms with van der Waals surface area (Å²) in [6.45, 7) is 4.25. The number of methoxy groups -OCH3 is 1. The van der Waals surface area contributed by atoms with Gasteiger partial charge in [-0.3, -0.25) is 0 Å². The van der Waals surface area contributed by atoms with Crippen LogP contribution in [0, 0.1) is 9.49 Å². The first-order valence-electron chi connectivity index (χ1n) is 5.94. The zero-order valence-corrected chi connectivity index (χ0v) is 12.5. The van der Waals surface area contributed by atoms with E-state index in [-0.39, 0.29) is 0 Å². The fourth-order valence-electron chi connectivity index (χ4n) is 2.37. The van der Waals surface area contributed by atoms with Crippen molar-refractivity contribution < 1.29 is 4.74 Å². The molecule has 0 spiro atoms. The second kappa shape index (κ2) is 5.44. The molecule has 1 saturated heterocycles. The number of piperidine rings is 1. The Morgan fingerprint density at radius 2 is 2.24 bits per heavy atom. The molecule has 1 fully saturated rings. The maximum absolute atomic E-state index is 6.09. The van der Waals surface area contributed by atoms with E-state index >= 15 is 0 Å². The minimum Gasteiger partial charge on any atom is -0.397 e. The highest BCUT2D eigenvalue weighted by atomic mass is 127. The fourth-order valence-corrected chi connectivity index (χ4v) is 2.89. The molecule has 2 unspecified atom stereocenters. The maximum Gasteiger partial charge on any atom is 0.0772 e. The van der Waals surface area contributed by atoms with Crippen LogP contribution in [0.1, 0.15) is 13.3 Å². The summed E-state index contributed by atoms with van der Waals surface area (Å²) < 4.78 is 6.71. The Hall–Kier alpha value is -0.490. The minimum absolute atomic E-state index is 0.308. The number of hydrogen-bond donors (Lipinski definition) is 1. The number of nitrogens with two attached hydrogens (primary N) is 1. The van der Waals surface area contributed by atoms with Gasteiger partial charge in [0.1, 0.15) is 0 Å². The lowest BCUT2D eigenvalue weighted by molar-refractivity contribution is 0.0499. The van der Waals surface area contributed by atoms with Crippen LogP contribution in [0.3, 0.4) is 0 Å². The number of nitrogens with zero attached hydrogens (tertiary/aromatic N) is 1. The Morgan fingerprint density at radius 1 is 1.47 bits per heavy atom. The van der Waals surface area contributed by atoms with Crippen LogP contribution in [-0.2, 0) is 4.74 Å². The first-order valence-corrected chi connectivity index (χ1v) is 7.02. The van der Waals surface area contributed by atoms with Gasteiger partial charge >= 0.3 is 0 Å². The van der Waals surface area contributed by atoms with Crippen molar-refractivity contribution in [1.29, 1.82) is 0 Å². The van der Waals surface area contributed by atoms with Gasteiger partial charge in [-0.2, -0.15) is 0 Å². The fraction of sp³-hybridized carbons (Fsp3) is 0.538. The highest BCUT2D eigenvalue weighted by Gasteiger charge is 2.26. The van der Waals surface area contributed by atoms with E-state index < -0.39 is 0 Å². The van der Waals surface area contributed by atoms with Gasteiger partial charge in [-0.1, -0.05) is 6.92 Å². The first kappa shape index (κ1) is 13.0. The van der Waals surface area contributed by atoms with Crippen LogP contribution < -0.4 is 10.6 Å². The van der Waals surface area contributed by atoms with E-state index in [4.69, 9.17) is 10.5 Å². The molecule has 2 rings (SSSR count). The Bertz CT molecular complexity index is 397. The van der Waals surface area contributed by atoms with Crippen molar-refractivity contribution >= 4 is 34.0 Å². The van der Waals surface area contributed by atoms with E-state index in [2.05, 4.69) is 46.5 Å². The molecule has 17 heavy (non-hydrogen) atoms. The second-order valence-electron chi connectivity index (χ2n) is 4.69. The van der Waals surface area contributed by atoms with Gasteiger partial charge in [-0.05, 0) is 53.1 Å². The van der Waals surface area contributed by atoms with Crippen LogP contribution in [0.4, 0.5) is 11.4 Å². The van der Waals surface area contributed by atoms with Crippen LogP contribution in [0.25, 0.3) is 0 Å². The third-order valence-electron chi connectivity index (χ3n) is 3.52. The Balaban J connectivity index is 2.17. The first-order chi connectivity index (χ1) is 8.11. The summed E-state index contributed by atoms with van der Waals surface area (Å²) in [5.41, 5.74) is 8.09. The molecule has 1 aliphatic rings. The molecular formula is C13H19IN2O. The molecule has 0 radical (unpaired) electrons. The van der Waals surface area contributed by atoms with Crippen molar-refractivity contribution in [3.8, 4) is 0 Å². The predicted octanol–water partition coefficient (Wildman–Crippen LogP) is 2.73. The van der Waals surface area contributed by atoms with E-state index in [9.17, 15) is 0 Å². The Kier molecular flexibility index (Phi) is 4.14. The van der Waals surface area contributed by atoms with Gasteiger partial charge in [0, 0.05) is 23.8 Å². The number of nitrogen functional groups attached to an aromatic ring is 1. The molecule has 94 valence electrons. The molecule has 0 aliphatic carbocycles. The zero-order valence-electron chi connectivity index (χ0n) is 10.3. The average molecular weight is 346 g/mol. The van der Waals surface area contributed by atoms with Gasteiger partial charge in [0.25, 0.3) is 0 Å². The molecule has 2 atom stereocenters. The summed E-state index contributed by atoms with van der Waals surface area (Å²) in [5.74, 6) is 0.626. The topological polar surface area (TPSA) is 38.5 Å². The largest absolute Gasteiger partial charge is 0.397 e. The van der Waals surface area contributed by atoms with Gasteiger partial charge < -0.3 is 15.4 Å². The van der Waals surface area contributed by atoms with Crippen LogP contribution in [0.2, 0.25) is 0 Å². The zero-order chi connectivity index (χ0) is 12.4. The van der Waals surface area contributed by atoms with Crippen molar-refractivity contribution in [1.82, 2.24) is 0 Å². The third-order valence-corrected chi connectivity index (χ3v) is 4.19. The van der Waals surface area contributed by atoms with Crippen LogP contribution in [0.15, 0.2) is 18.2 Å². The maximum atomic E-state index is 6.09.